The van der Waals surface area contributed by atoms with E-state index in [4.69, 9.17) is 0 Å². The number of hydrogen-bond donors (Lipinski definition) is 1. The Bertz CT molecular complexity index is 206. The summed E-state index contributed by atoms with van der Waals surface area (Å²) in [5, 5.41) is 3.79. The van der Waals surface area contributed by atoms with Crippen molar-refractivity contribution in [3.05, 3.63) is 0 Å². The zero-order chi connectivity index (χ0) is 9.54. The summed E-state index contributed by atoms with van der Waals surface area (Å²) in [5.74, 6) is 0.903. The van der Waals surface area contributed by atoms with Crippen molar-refractivity contribution in [1.29, 1.82) is 0 Å². The molecule has 80 valence electrons. The molecule has 2 nitrogen and oxygen atoms in total. The molecule has 0 spiro atoms. The lowest BCUT2D eigenvalue weighted by molar-refractivity contribution is 0.141. The van der Waals surface area contributed by atoms with E-state index in [0.29, 0.717) is 0 Å². The Morgan fingerprint density at radius 3 is 2.43 bits per heavy atom. The highest BCUT2D eigenvalue weighted by molar-refractivity contribution is 4.94. The highest BCUT2D eigenvalue weighted by Crippen LogP contribution is 2.31. The summed E-state index contributed by atoms with van der Waals surface area (Å²) in [6, 6.07) is 2.64. The van der Waals surface area contributed by atoms with Gasteiger partial charge in [-0.3, -0.25) is 4.90 Å². The molecular weight excluding hydrogens is 172 g/mol. The van der Waals surface area contributed by atoms with Crippen LogP contribution >= 0.6 is 0 Å². The first kappa shape index (κ1) is 9.17. The smallest absolute Gasteiger partial charge is 0.0200 e. The Hall–Kier alpha value is -0.0800. The van der Waals surface area contributed by atoms with E-state index in [-0.39, 0.29) is 0 Å². The summed E-state index contributed by atoms with van der Waals surface area (Å²) in [6.45, 7) is 5.09. The Kier molecular flexibility index (Phi) is 2.29. The van der Waals surface area contributed by atoms with Gasteiger partial charge in [-0.05, 0) is 38.0 Å². The van der Waals surface area contributed by atoms with Crippen LogP contribution in [0.3, 0.4) is 0 Å². The molecule has 2 saturated carbocycles. The molecule has 0 aromatic rings. The number of nitrogens with one attached hydrogen (secondary N) is 1. The van der Waals surface area contributed by atoms with E-state index in [1.165, 1.54) is 45.2 Å². The second-order valence-corrected chi connectivity index (χ2v) is 5.66. The van der Waals surface area contributed by atoms with E-state index in [0.717, 1.165) is 24.0 Å². The zero-order valence-corrected chi connectivity index (χ0v) is 9.21. The molecule has 1 heterocycles. The molecule has 0 bridgehead atoms. The van der Waals surface area contributed by atoms with Gasteiger partial charge in [0.25, 0.3) is 0 Å². The van der Waals surface area contributed by atoms with Crippen LogP contribution in [-0.4, -0.2) is 36.1 Å². The van der Waals surface area contributed by atoms with E-state index in [1.54, 1.807) is 0 Å². The van der Waals surface area contributed by atoms with Gasteiger partial charge in [0, 0.05) is 31.2 Å². The van der Waals surface area contributed by atoms with Crippen LogP contribution in [0.5, 0.6) is 0 Å². The second kappa shape index (κ2) is 3.49. The average Bonchev–Trinajstić information content (AvgIpc) is 2.99. The molecule has 0 radical (unpaired) electrons. The summed E-state index contributed by atoms with van der Waals surface area (Å²) in [6.07, 6.45) is 7.17. The third-order valence-corrected chi connectivity index (χ3v) is 3.80. The summed E-state index contributed by atoms with van der Waals surface area (Å²) in [4.78, 5) is 2.73. The molecule has 14 heavy (non-hydrogen) atoms. The van der Waals surface area contributed by atoms with Gasteiger partial charge in [0.05, 0.1) is 0 Å². The summed E-state index contributed by atoms with van der Waals surface area (Å²) in [7, 11) is 0. The maximum Gasteiger partial charge on any atom is 0.0200 e. The molecule has 0 amide bonds. The van der Waals surface area contributed by atoms with Crippen LogP contribution in [0.25, 0.3) is 0 Å². The number of nitrogens with zero attached hydrogens (tertiary/aromatic N) is 1. The van der Waals surface area contributed by atoms with Gasteiger partial charge >= 0.3 is 0 Å². The Morgan fingerprint density at radius 1 is 1.00 bits per heavy atom. The number of likely N-dealkylation sites (tertiary alicyclic amines) is 1. The maximum atomic E-state index is 3.79. The van der Waals surface area contributed by atoms with Gasteiger partial charge in [0.1, 0.15) is 0 Å². The predicted octanol–water partition coefficient (Wildman–Crippen LogP) is 1.61. The quantitative estimate of drug-likeness (QED) is 0.734. The number of hydrogen-bond acceptors (Lipinski definition) is 2. The molecule has 2 heteroatoms. The van der Waals surface area contributed by atoms with Gasteiger partial charge in [-0.15, -0.1) is 0 Å². The van der Waals surface area contributed by atoms with Crippen molar-refractivity contribution in [1.82, 2.24) is 10.2 Å². The van der Waals surface area contributed by atoms with E-state index in [9.17, 15) is 0 Å². The fraction of sp³-hybridized carbons (Fsp3) is 1.00. The highest BCUT2D eigenvalue weighted by atomic mass is 15.2. The minimum atomic E-state index is 0.798. The Morgan fingerprint density at radius 2 is 1.79 bits per heavy atom. The first-order chi connectivity index (χ1) is 6.81. The lowest BCUT2D eigenvalue weighted by atomic mass is 9.95. The third kappa shape index (κ3) is 2.12. The van der Waals surface area contributed by atoms with Gasteiger partial charge in [0.15, 0.2) is 0 Å². The van der Waals surface area contributed by atoms with Gasteiger partial charge in [0.2, 0.25) is 0 Å². The maximum absolute atomic E-state index is 3.79. The first-order valence-electron chi connectivity index (χ1n) is 6.31. The van der Waals surface area contributed by atoms with Gasteiger partial charge in [-0.25, -0.2) is 0 Å². The van der Waals surface area contributed by atoms with Crippen LogP contribution in [0.15, 0.2) is 0 Å². The molecule has 1 saturated heterocycles. The zero-order valence-electron chi connectivity index (χ0n) is 9.21. The number of rotatable bonds is 3. The Balaban J connectivity index is 1.55. The van der Waals surface area contributed by atoms with Crippen LogP contribution in [0, 0.1) is 5.92 Å². The van der Waals surface area contributed by atoms with Crippen LogP contribution in [0.1, 0.15) is 39.0 Å². The molecule has 2 atom stereocenters. The first-order valence-corrected chi connectivity index (χ1v) is 6.31. The summed E-state index contributed by atoms with van der Waals surface area (Å²) in [5.41, 5.74) is 0. The van der Waals surface area contributed by atoms with Gasteiger partial charge in [-0.1, -0.05) is 6.92 Å². The van der Waals surface area contributed by atoms with Crippen molar-refractivity contribution in [3.63, 3.8) is 0 Å². The van der Waals surface area contributed by atoms with Crippen LogP contribution < -0.4 is 5.32 Å². The molecule has 1 aliphatic heterocycles. The second-order valence-electron chi connectivity index (χ2n) is 5.66. The largest absolute Gasteiger partial charge is 0.310 e. The van der Waals surface area contributed by atoms with Gasteiger partial charge < -0.3 is 5.32 Å². The summed E-state index contributed by atoms with van der Waals surface area (Å²) >= 11 is 0. The average molecular weight is 194 g/mol. The molecule has 2 unspecified atom stereocenters. The SMILES string of the molecule is CC1CC(NC2CC2)CN(C2CC2)C1. The standard InChI is InChI=1S/C12H22N2/c1-9-6-11(13-10-2-3-10)8-14(7-9)12-4-5-12/h9-13H,2-8H2,1H3. The van der Waals surface area contributed by atoms with E-state index in [2.05, 4.69) is 17.1 Å². The van der Waals surface area contributed by atoms with Crippen molar-refractivity contribution in [2.24, 2.45) is 5.92 Å². The summed E-state index contributed by atoms with van der Waals surface area (Å²) < 4.78 is 0. The van der Waals surface area contributed by atoms with Crippen molar-refractivity contribution in [3.8, 4) is 0 Å². The molecule has 0 aromatic heterocycles. The van der Waals surface area contributed by atoms with Crippen molar-refractivity contribution >= 4 is 0 Å². The Labute approximate surface area is 87.0 Å². The minimum absolute atomic E-state index is 0.798. The molecule has 3 rings (SSSR count). The molecule has 1 N–H and O–H groups in total. The number of piperidine rings is 1. The highest BCUT2D eigenvalue weighted by Gasteiger charge is 2.36. The molecule has 2 aliphatic carbocycles. The lowest BCUT2D eigenvalue weighted by Gasteiger charge is -2.37. The van der Waals surface area contributed by atoms with Gasteiger partial charge in [-0.2, -0.15) is 0 Å². The van der Waals surface area contributed by atoms with E-state index >= 15 is 0 Å². The van der Waals surface area contributed by atoms with Crippen LogP contribution in [0.4, 0.5) is 0 Å². The van der Waals surface area contributed by atoms with Crippen LogP contribution in [-0.2, 0) is 0 Å². The van der Waals surface area contributed by atoms with E-state index in [1.807, 2.05) is 0 Å². The van der Waals surface area contributed by atoms with Crippen LogP contribution in [0.2, 0.25) is 0 Å². The fourth-order valence-electron chi connectivity index (χ4n) is 2.83. The lowest BCUT2D eigenvalue weighted by Crippen LogP contribution is -2.49. The van der Waals surface area contributed by atoms with E-state index < -0.39 is 0 Å². The van der Waals surface area contributed by atoms with Crippen molar-refractivity contribution in [2.75, 3.05) is 13.1 Å². The molecular formula is C12H22N2. The third-order valence-electron chi connectivity index (χ3n) is 3.80. The van der Waals surface area contributed by atoms with Crippen molar-refractivity contribution in [2.45, 2.75) is 57.2 Å². The van der Waals surface area contributed by atoms with Crippen molar-refractivity contribution < 1.29 is 0 Å². The minimum Gasteiger partial charge on any atom is -0.310 e. The fourth-order valence-corrected chi connectivity index (χ4v) is 2.83. The topological polar surface area (TPSA) is 15.3 Å². The molecule has 3 fully saturated rings. The predicted molar refractivity (Wildman–Crippen MR) is 58.3 cm³/mol. The monoisotopic (exact) mass is 194 g/mol. The molecule has 0 aromatic carbocycles. The molecule has 3 aliphatic rings. The normalized spacial score (nSPS) is 40.1.